The van der Waals surface area contributed by atoms with Crippen LogP contribution in [0.1, 0.15) is 82.1 Å². The van der Waals surface area contributed by atoms with Crippen molar-refractivity contribution in [2.45, 2.75) is 108 Å². The number of esters is 1. The van der Waals surface area contributed by atoms with Gasteiger partial charge < -0.3 is 39.8 Å². The molecule has 2 saturated carbocycles. The average molecular weight is 653 g/mol. The first-order valence-corrected chi connectivity index (χ1v) is 16.9. The average Bonchev–Trinajstić information content (AvgIpc) is 3.41. The predicted octanol–water partition coefficient (Wildman–Crippen LogP) is 3.03. The van der Waals surface area contributed by atoms with Crippen molar-refractivity contribution in [3.05, 3.63) is 52.6 Å². The van der Waals surface area contributed by atoms with Crippen molar-refractivity contribution in [3.63, 3.8) is 0 Å². The standard InChI is InChI=1S/C36H48N2O9/c1-20(40)30(33(42)37-12-13-39)38-32(41)24-16-27-31(45-19-44-27)28(17-24)46-34(43)23-7-5-6-21(15-23)14-22-8-9-29-36(4,47-29)11-10-26-25(22)18-35(26,2)3/h5-7,14-16,20,25-31,39-40H,8-13,17-19H2,1-4H3,(H,37,42)(H,38,41). The molecule has 0 aromatic heterocycles. The van der Waals surface area contributed by atoms with Gasteiger partial charge in [-0.25, -0.2) is 4.79 Å². The summed E-state index contributed by atoms with van der Waals surface area (Å²) in [6.07, 6.45) is 6.42. The summed E-state index contributed by atoms with van der Waals surface area (Å²) in [5.41, 5.74) is 3.35. The van der Waals surface area contributed by atoms with Crippen LogP contribution in [0.15, 0.2) is 41.5 Å². The minimum Gasteiger partial charge on any atom is -0.456 e. The van der Waals surface area contributed by atoms with E-state index in [9.17, 15) is 19.5 Å². The van der Waals surface area contributed by atoms with Crippen LogP contribution in [0.4, 0.5) is 0 Å². The monoisotopic (exact) mass is 652 g/mol. The molecule has 47 heavy (non-hydrogen) atoms. The van der Waals surface area contributed by atoms with Gasteiger partial charge in [-0.15, -0.1) is 0 Å². The zero-order chi connectivity index (χ0) is 33.5. The highest BCUT2D eigenvalue weighted by Gasteiger charge is 2.56. The van der Waals surface area contributed by atoms with E-state index in [1.165, 1.54) is 12.5 Å². The Bertz CT molecular complexity index is 1440. The zero-order valence-corrected chi connectivity index (χ0v) is 27.7. The van der Waals surface area contributed by atoms with E-state index in [-0.39, 0.29) is 37.5 Å². The first kappa shape index (κ1) is 33.8. The lowest BCUT2D eigenvalue weighted by Crippen LogP contribution is -2.54. The Kier molecular flexibility index (Phi) is 9.66. The zero-order valence-electron chi connectivity index (χ0n) is 27.7. The first-order chi connectivity index (χ1) is 22.4. The molecule has 2 saturated heterocycles. The number of carbonyl (C=O) groups excluding carboxylic acids is 3. The Balaban J connectivity index is 1.15. The summed E-state index contributed by atoms with van der Waals surface area (Å²) in [6.45, 7) is 8.07. The van der Waals surface area contributed by atoms with E-state index < -0.39 is 48.2 Å². The van der Waals surface area contributed by atoms with E-state index in [1.807, 2.05) is 18.2 Å². The number of aliphatic hydroxyl groups excluding tert-OH is 2. The fraction of sp³-hybridized carbons (Fsp3) is 0.639. The number of benzene rings is 1. The molecule has 2 heterocycles. The first-order valence-electron chi connectivity index (χ1n) is 16.9. The molecule has 256 valence electrons. The van der Waals surface area contributed by atoms with E-state index in [2.05, 4.69) is 37.5 Å². The van der Waals surface area contributed by atoms with Crippen molar-refractivity contribution in [1.29, 1.82) is 0 Å². The van der Waals surface area contributed by atoms with Gasteiger partial charge in [0, 0.05) is 18.5 Å². The fourth-order valence-corrected chi connectivity index (χ4v) is 8.03. The van der Waals surface area contributed by atoms with Crippen LogP contribution in [0.3, 0.4) is 0 Å². The molecular weight excluding hydrogens is 604 g/mol. The number of hydrogen-bond donors (Lipinski definition) is 4. The number of epoxide rings is 1. The maximum absolute atomic E-state index is 13.5. The summed E-state index contributed by atoms with van der Waals surface area (Å²) in [6, 6.07) is 6.21. The second-order valence-electron chi connectivity index (χ2n) is 14.7. The van der Waals surface area contributed by atoms with E-state index in [0.29, 0.717) is 28.9 Å². The van der Waals surface area contributed by atoms with Crippen LogP contribution in [-0.4, -0.2) is 90.1 Å². The van der Waals surface area contributed by atoms with Gasteiger partial charge in [0.2, 0.25) is 11.8 Å². The molecule has 11 nitrogen and oxygen atoms in total. The van der Waals surface area contributed by atoms with Gasteiger partial charge in [-0.1, -0.05) is 37.6 Å². The number of aliphatic hydroxyl groups is 2. The normalized spacial score (nSPS) is 34.4. The molecule has 1 aromatic rings. The molecule has 0 bridgehead atoms. The highest BCUT2D eigenvalue weighted by molar-refractivity contribution is 5.97. The molecule has 4 fully saturated rings. The molecule has 9 unspecified atom stereocenters. The minimum atomic E-state index is -1.24. The molecule has 0 spiro atoms. The number of carbonyl (C=O) groups is 3. The summed E-state index contributed by atoms with van der Waals surface area (Å²) < 4.78 is 23.5. The number of fused-ring (bicyclic) bond motifs is 3. The van der Waals surface area contributed by atoms with Gasteiger partial charge in [0.05, 0.1) is 30.0 Å². The van der Waals surface area contributed by atoms with E-state index in [4.69, 9.17) is 24.1 Å². The SMILES string of the molecule is CC(O)C(NC(=O)C1=CC2OCOC2C(OC(=O)c2cccc(C=C3CCC4OC4(C)CCC4C3CC4(C)C)c2)C1)C(=O)NCCO. The Morgan fingerprint density at radius 2 is 1.98 bits per heavy atom. The lowest BCUT2D eigenvalue weighted by Gasteiger charge is -2.53. The van der Waals surface area contributed by atoms with Crippen LogP contribution in [0.5, 0.6) is 0 Å². The van der Waals surface area contributed by atoms with Crippen molar-refractivity contribution >= 4 is 23.9 Å². The number of hydrogen-bond acceptors (Lipinski definition) is 9. The van der Waals surface area contributed by atoms with Crippen molar-refractivity contribution in [3.8, 4) is 0 Å². The second-order valence-corrected chi connectivity index (χ2v) is 14.7. The predicted molar refractivity (Wildman–Crippen MR) is 172 cm³/mol. The molecule has 2 aliphatic heterocycles. The molecule has 6 rings (SSSR count). The maximum Gasteiger partial charge on any atom is 0.338 e. The molecule has 1 aromatic carbocycles. The third kappa shape index (κ3) is 7.19. The number of amides is 2. The van der Waals surface area contributed by atoms with Gasteiger partial charge in [0.1, 0.15) is 31.1 Å². The smallest absolute Gasteiger partial charge is 0.338 e. The minimum absolute atomic E-state index is 0.0122. The summed E-state index contributed by atoms with van der Waals surface area (Å²) >= 11 is 0. The second kappa shape index (κ2) is 13.4. The Labute approximate surface area is 276 Å². The molecular formula is C36H48N2O9. The molecule has 5 aliphatic rings. The van der Waals surface area contributed by atoms with Crippen LogP contribution in [0.2, 0.25) is 0 Å². The highest BCUT2D eigenvalue weighted by atomic mass is 16.7. The molecule has 4 N–H and O–H groups in total. The van der Waals surface area contributed by atoms with E-state index >= 15 is 0 Å². The fourth-order valence-electron chi connectivity index (χ4n) is 8.03. The van der Waals surface area contributed by atoms with Gasteiger partial charge in [0.25, 0.3) is 0 Å². The van der Waals surface area contributed by atoms with Crippen LogP contribution in [-0.2, 0) is 28.5 Å². The van der Waals surface area contributed by atoms with E-state index in [1.54, 1.807) is 12.1 Å². The van der Waals surface area contributed by atoms with Gasteiger partial charge in [0.15, 0.2) is 0 Å². The lowest BCUT2D eigenvalue weighted by molar-refractivity contribution is -0.130. The van der Waals surface area contributed by atoms with Crippen LogP contribution in [0.25, 0.3) is 6.08 Å². The topological polar surface area (TPSA) is 156 Å². The largest absolute Gasteiger partial charge is 0.456 e. The van der Waals surface area contributed by atoms with Crippen LogP contribution < -0.4 is 10.6 Å². The number of ether oxygens (including phenoxy) is 4. The molecule has 2 amide bonds. The summed E-state index contributed by atoms with van der Waals surface area (Å²) in [7, 11) is 0. The van der Waals surface area contributed by atoms with Crippen molar-refractivity contribution in [1.82, 2.24) is 10.6 Å². The Morgan fingerprint density at radius 1 is 1.17 bits per heavy atom. The van der Waals surface area contributed by atoms with E-state index in [0.717, 1.165) is 37.7 Å². The lowest BCUT2D eigenvalue weighted by atomic mass is 9.52. The summed E-state index contributed by atoms with van der Waals surface area (Å²) in [5.74, 6) is -0.606. The third-order valence-corrected chi connectivity index (χ3v) is 10.9. The maximum atomic E-state index is 13.5. The summed E-state index contributed by atoms with van der Waals surface area (Å²) in [5, 5.41) is 24.2. The number of nitrogens with one attached hydrogen (secondary N) is 2. The van der Waals surface area contributed by atoms with Crippen LogP contribution in [0, 0.1) is 17.3 Å². The van der Waals surface area contributed by atoms with Crippen molar-refractivity contribution in [2.24, 2.45) is 17.3 Å². The molecule has 0 radical (unpaired) electrons. The number of rotatable bonds is 9. The highest BCUT2D eigenvalue weighted by Crippen LogP contribution is 2.59. The Morgan fingerprint density at radius 3 is 2.72 bits per heavy atom. The molecule has 3 aliphatic carbocycles. The van der Waals surface area contributed by atoms with Gasteiger partial charge >= 0.3 is 5.97 Å². The quantitative estimate of drug-likeness (QED) is 0.233. The third-order valence-electron chi connectivity index (χ3n) is 10.9. The van der Waals surface area contributed by atoms with Gasteiger partial charge in [-0.3, -0.25) is 9.59 Å². The molecule has 11 heteroatoms. The number of allylic oxidation sites excluding steroid dienone is 1. The van der Waals surface area contributed by atoms with Crippen molar-refractivity contribution < 1.29 is 43.5 Å². The Hall–Kier alpha value is -3.09. The van der Waals surface area contributed by atoms with Gasteiger partial charge in [-0.05, 0) is 87.0 Å². The summed E-state index contributed by atoms with van der Waals surface area (Å²) in [4.78, 5) is 39.3. The molecule has 9 atom stereocenters. The van der Waals surface area contributed by atoms with Crippen molar-refractivity contribution in [2.75, 3.05) is 19.9 Å². The van der Waals surface area contributed by atoms with Crippen LogP contribution >= 0.6 is 0 Å². The van der Waals surface area contributed by atoms with Gasteiger partial charge in [-0.2, -0.15) is 0 Å².